The summed E-state index contributed by atoms with van der Waals surface area (Å²) in [6, 6.07) is 0. The molecular formula is C13H16BrN5O. The molecule has 1 saturated carbocycles. The Morgan fingerprint density at radius 2 is 2.30 bits per heavy atom. The van der Waals surface area contributed by atoms with Crippen molar-refractivity contribution >= 4 is 21.6 Å². The lowest BCUT2D eigenvalue weighted by Gasteiger charge is -2.10. The van der Waals surface area contributed by atoms with Gasteiger partial charge in [0, 0.05) is 24.3 Å². The SMILES string of the molecule is Cc1[nH]ncc1CNc1cnn(CC2CC2)c(=O)c1Br. The van der Waals surface area contributed by atoms with Crippen molar-refractivity contribution in [2.24, 2.45) is 5.92 Å². The summed E-state index contributed by atoms with van der Waals surface area (Å²) in [5, 5.41) is 14.3. The van der Waals surface area contributed by atoms with Crippen molar-refractivity contribution in [2.75, 3.05) is 5.32 Å². The molecule has 3 rings (SSSR count). The van der Waals surface area contributed by atoms with Gasteiger partial charge in [0.2, 0.25) is 0 Å². The molecule has 2 heterocycles. The van der Waals surface area contributed by atoms with Gasteiger partial charge in [-0.3, -0.25) is 9.89 Å². The second kappa shape index (κ2) is 5.40. The lowest BCUT2D eigenvalue weighted by atomic mass is 10.2. The Morgan fingerprint density at radius 1 is 1.50 bits per heavy atom. The molecule has 0 amide bonds. The van der Waals surface area contributed by atoms with Crippen LogP contribution in [0.4, 0.5) is 5.69 Å². The molecule has 0 unspecified atom stereocenters. The zero-order valence-corrected chi connectivity index (χ0v) is 12.8. The van der Waals surface area contributed by atoms with Gasteiger partial charge in [-0.25, -0.2) is 4.68 Å². The maximum Gasteiger partial charge on any atom is 0.283 e. The third-order valence-electron chi connectivity index (χ3n) is 3.52. The normalized spacial score (nSPS) is 14.5. The molecule has 2 N–H and O–H groups in total. The number of nitrogens with one attached hydrogen (secondary N) is 2. The molecule has 0 saturated heterocycles. The van der Waals surface area contributed by atoms with Crippen LogP contribution in [-0.2, 0) is 13.1 Å². The monoisotopic (exact) mass is 337 g/mol. The topological polar surface area (TPSA) is 75.6 Å². The molecule has 0 bridgehead atoms. The molecule has 2 aromatic rings. The van der Waals surface area contributed by atoms with Gasteiger partial charge in [-0.2, -0.15) is 10.2 Å². The number of hydrogen-bond acceptors (Lipinski definition) is 4. The first-order chi connectivity index (χ1) is 9.65. The summed E-state index contributed by atoms with van der Waals surface area (Å²) in [4.78, 5) is 12.2. The van der Waals surface area contributed by atoms with Crippen LogP contribution >= 0.6 is 15.9 Å². The summed E-state index contributed by atoms with van der Waals surface area (Å²) in [6.07, 6.45) is 5.87. The minimum atomic E-state index is -0.0779. The largest absolute Gasteiger partial charge is 0.378 e. The van der Waals surface area contributed by atoms with Gasteiger partial charge in [0.15, 0.2) is 0 Å². The smallest absolute Gasteiger partial charge is 0.283 e. The fourth-order valence-electron chi connectivity index (χ4n) is 2.01. The van der Waals surface area contributed by atoms with Crippen molar-refractivity contribution in [1.82, 2.24) is 20.0 Å². The summed E-state index contributed by atoms with van der Waals surface area (Å²) in [5.41, 5.74) is 2.72. The summed E-state index contributed by atoms with van der Waals surface area (Å²) < 4.78 is 2.07. The molecule has 20 heavy (non-hydrogen) atoms. The Labute approximate surface area is 124 Å². The molecule has 1 fully saturated rings. The minimum absolute atomic E-state index is 0.0779. The van der Waals surface area contributed by atoms with Crippen LogP contribution in [0, 0.1) is 12.8 Å². The number of nitrogens with zero attached hydrogens (tertiary/aromatic N) is 3. The highest BCUT2D eigenvalue weighted by Gasteiger charge is 2.23. The maximum atomic E-state index is 12.2. The third kappa shape index (κ3) is 2.77. The Hall–Kier alpha value is -1.63. The number of aromatic nitrogens is 4. The maximum absolute atomic E-state index is 12.2. The van der Waals surface area contributed by atoms with Gasteiger partial charge in [0.25, 0.3) is 5.56 Å². The molecule has 0 spiro atoms. The minimum Gasteiger partial charge on any atom is -0.378 e. The highest BCUT2D eigenvalue weighted by molar-refractivity contribution is 9.10. The Balaban J connectivity index is 1.75. The number of aromatic amines is 1. The van der Waals surface area contributed by atoms with Crippen molar-refractivity contribution < 1.29 is 0 Å². The van der Waals surface area contributed by atoms with Gasteiger partial charge in [-0.15, -0.1) is 0 Å². The van der Waals surface area contributed by atoms with Gasteiger partial charge in [-0.1, -0.05) is 0 Å². The molecule has 0 atom stereocenters. The van der Waals surface area contributed by atoms with Gasteiger partial charge in [0.1, 0.15) is 4.47 Å². The summed E-state index contributed by atoms with van der Waals surface area (Å²) in [7, 11) is 0. The van der Waals surface area contributed by atoms with E-state index in [1.165, 1.54) is 17.5 Å². The fraction of sp³-hybridized carbons (Fsp3) is 0.462. The summed E-state index contributed by atoms with van der Waals surface area (Å²) >= 11 is 3.36. The molecule has 0 aromatic carbocycles. The quantitative estimate of drug-likeness (QED) is 0.875. The van der Waals surface area contributed by atoms with Crippen molar-refractivity contribution in [1.29, 1.82) is 0 Å². The first kappa shape index (κ1) is 13.4. The van der Waals surface area contributed by atoms with E-state index in [0.29, 0.717) is 22.6 Å². The van der Waals surface area contributed by atoms with E-state index in [0.717, 1.165) is 17.8 Å². The van der Waals surface area contributed by atoms with Crippen molar-refractivity contribution in [2.45, 2.75) is 32.9 Å². The highest BCUT2D eigenvalue weighted by Crippen LogP contribution is 2.30. The van der Waals surface area contributed by atoms with E-state index in [1.807, 2.05) is 6.92 Å². The van der Waals surface area contributed by atoms with E-state index >= 15 is 0 Å². The van der Waals surface area contributed by atoms with E-state index < -0.39 is 0 Å². The third-order valence-corrected chi connectivity index (χ3v) is 4.28. The van der Waals surface area contributed by atoms with E-state index in [4.69, 9.17) is 0 Å². The van der Waals surface area contributed by atoms with Crippen LogP contribution in [0.5, 0.6) is 0 Å². The molecule has 6 nitrogen and oxygen atoms in total. The second-order valence-corrected chi connectivity index (χ2v) is 5.97. The van der Waals surface area contributed by atoms with Crippen LogP contribution in [0.3, 0.4) is 0 Å². The molecule has 7 heteroatoms. The van der Waals surface area contributed by atoms with Gasteiger partial charge >= 0.3 is 0 Å². The number of aryl methyl sites for hydroxylation is 1. The van der Waals surface area contributed by atoms with Crippen LogP contribution < -0.4 is 10.9 Å². The zero-order chi connectivity index (χ0) is 14.1. The van der Waals surface area contributed by atoms with Crippen LogP contribution in [-0.4, -0.2) is 20.0 Å². The lowest BCUT2D eigenvalue weighted by molar-refractivity contribution is 0.532. The molecule has 0 aliphatic heterocycles. The summed E-state index contributed by atoms with van der Waals surface area (Å²) in [6.45, 7) is 3.29. The Kier molecular flexibility index (Phi) is 3.60. The Bertz CT molecular complexity index is 674. The van der Waals surface area contributed by atoms with E-state index in [2.05, 4.69) is 36.5 Å². The molecule has 1 aliphatic carbocycles. The number of halogens is 1. The van der Waals surface area contributed by atoms with Crippen molar-refractivity contribution in [3.05, 3.63) is 38.5 Å². The van der Waals surface area contributed by atoms with Crippen LogP contribution in [0.25, 0.3) is 0 Å². The van der Waals surface area contributed by atoms with E-state index in [-0.39, 0.29) is 5.56 Å². The van der Waals surface area contributed by atoms with Crippen LogP contribution in [0.2, 0.25) is 0 Å². The van der Waals surface area contributed by atoms with Crippen molar-refractivity contribution in [3.8, 4) is 0 Å². The Morgan fingerprint density at radius 3 is 2.95 bits per heavy atom. The van der Waals surface area contributed by atoms with Crippen LogP contribution in [0.1, 0.15) is 24.1 Å². The number of hydrogen-bond donors (Lipinski definition) is 2. The summed E-state index contributed by atoms with van der Waals surface area (Å²) in [5.74, 6) is 0.625. The first-order valence-electron chi connectivity index (χ1n) is 6.63. The van der Waals surface area contributed by atoms with Crippen LogP contribution in [0.15, 0.2) is 21.7 Å². The fourth-order valence-corrected chi connectivity index (χ4v) is 2.45. The molecule has 2 aromatic heterocycles. The average molecular weight is 338 g/mol. The number of anilines is 1. The molecule has 0 radical (unpaired) electrons. The second-order valence-electron chi connectivity index (χ2n) is 5.18. The molecule has 106 valence electrons. The predicted molar refractivity (Wildman–Crippen MR) is 79.6 cm³/mol. The molecule has 1 aliphatic rings. The van der Waals surface area contributed by atoms with Gasteiger partial charge in [0.05, 0.1) is 18.1 Å². The zero-order valence-electron chi connectivity index (χ0n) is 11.2. The van der Waals surface area contributed by atoms with Gasteiger partial charge in [-0.05, 0) is 41.6 Å². The standard InChI is InChI=1S/C13H16BrN5O/c1-8-10(5-16-18-8)4-15-11-6-17-19(7-9-2-3-9)13(20)12(11)14/h5-6,9,15H,2-4,7H2,1H3,(H,16,18). The average Bonchev–Trinajstić information content (AvgIpc) is 3.16. The number of H-pyrrole nitrogens is 1. The first-order valence-corrected chi connectivity index (χ1v) is 7.43. The predicted octanol–water partition coefficient (Wildman–Crippen LogP) is 2.06. The van der Waals surface area contributed by atoms with Crippen molar-refractivity contribution in [3.63, 3.8) is 0 Å². The van der Waals surface area contributed by atoms with E-state index in [9.17, 15) is 4.79 Å². The number of rotatable bonds is 5. The lowest BCUT2D eigenvalue weighted by Crippen LogP contribution is -2.25. The van der Waals surface area contributed by atoms with E-state index in [1.54, 1.807) is 12.4 Å². The molecular weight excluding hydrogens is 322 g/mol. The highest BCUT2D eigenvalue weighted by atomic mass is 79.9. The van der Waals surface area contributed by atoms with Gasteiger partial charge < -0.3 is 5.32 Å².